The van der Waals surface area contributed by atoms with Crippen molar-refractivity contribution in [2.75, 3.05) is 5.32 Å². The minimum Gasteiger partial charge on any atom is -0.389 e. The molecular formula is C13H10BrN3OS. The topological polar surface area (TPSA) is 68.0 Å². The van der Waals surface area contributed by atoms with Gasteiger partial charge in [-0.25, -0.2) is 4.98 Å². The molecule has 2 rings (SSSR count). The fourth-order valence-electron chi connectivity index (χ4n) is 1.42. The smallest absolute Gasteiger partial charge is 0.256 e. The zero-order valence-corrected chi connectivity index (χ0v) is 12.2. The molecule has 4 nitrogen and oxygen atoms in total. The van der Waals surface area contributed by atoms with Crippen molar-refractivity contribution in [2.24, 2.45) is 5.73 Å². The number of pyridine rings is 1. The van der Waals surface area contributed by atoms with E-state index < -0.39 is 0 Å². The molecule has 0 aliphatic heterocycles. The monoisotopic (exact) mass is 335 g/mol. The molecule has 1 amide bonds. The molecule has 0 saturated carbocycles. The largest absolute Gasteiger partial charge is 0.389 e. The van der Waals surface area contributed by atoms with Crippen LogP contribution < -0.4 is 11.1 Å². The highest BCUT2D eigenvalue weighted by Gasteiger charge is 2.07. The number of hydrogen-bond acceptors (Lipinski definition) is 3. The van der Waals surface area contributed by atoms with Gasteiger partial charge < -0.3 is 11.1 Å². The summed E-state index contributed by atoms with van der Waals surface area (Å²) in [5.74, 6) is 0.260. The van der Waals surface area contributed by atoms with Gasteiger partial charge in [0.1, 0.15) is 10.8 Å². The van der Waals surface area contributed by atoms with Crippen LogP contribution >= 0.6 is 28.1 Å². The minimum atomic E-state index is -0.232. The van der Waals surface area contributed by atoms with Crippen LogP contribution in [-0.4, -0.2) is 15.9 Å². The third-order valence-electron chi connectivity index (χ3n) is 2.40. The van der Waals surface area contributed by atoms with Crippen molar-refractivity contribution in [2.45, 2.75) is 0 Å². The maximum absolute atomic E-state index is 12.0. The molecule has 2 aromatic rings. The zero-order valence-electron chi connectivity index (χ0n) is 9.76. The van der Waals surface area contributed by atoms with Gasteiger partial charge in [-0.15, -0.1) is 0 Å². The van der Waals surface area contributed by atoms with E-state index in [1.54, 1.807) is 42.6 Å². The Bertz CT molecular complexity index is 611. The standard InChI is InChI=1S/C13H10BrN3OS/c14-10-5-6-11(16-7-10)17-13(18)9-3-1-8(2-4-9)12(15)19/h1-7H,(H2,15,19)(H,16,17,18). The third-order valence-corrected chi connectivity index (χ3v) is 3.11. The van der Waals surface area contributed by atoms with Crippen molar-refractivity contribution in [1.82, 2.24) is 4.98 Å². The quantitative estimate of drug-likeness (QED) is 0.846. The molecular weight excluding hydrogens is 326 g/mol. The van der Waals surface area contributed by atoms with Crippen LogP contribution in [0.2, 0.25) is 0 Å². The summed E-state index contributed by atoms with van der Waals surface area (Å²) in [6.07, 6.45) is 1.62. The summed E-state index contributed by atoms with van der Waals surface area (Å²) in [6.45, 7) is 0. The fraction of sp³-hybridized carbons (Fsp3) is 0. The Morgan fingerprint density at radius 3 is 2.32 bits per heavy atom. The Balaban J connectivity index is 2.11. The fourth-order valence-corrected chi connectivity index (χ4v) is 1.79. The molecule has 1 aromatic carbocycles. The van der Waals surface area contributed by atoms with Crippen LogP contribution in [0.5, 0.6) is 0 Å². The van der Waals surface area contributed by atoms with E-state index in [0.717, 1.165) is 10.0 Å². The van der Waals surface area contributed by atoms with Gasteiger partial charge in [0.15, 0.2) is 0 Å². The van der Waals surface area contributed by atoms with Gasteiger partial charge in [-0.05, 0) is 40.2 Å². The van der Waals surface area contributed by atoms with Crippen molar-refractivity contribution in [3.63, 3.8) is 0 Å². The second-order valence-corrected chi connectivity index (χ2v) is 5.11. The first-order valence-corrected chi connectivity index (χ1v) is 6.59. The zero-order chi connectivity index (χ0) is 13.8. The van der Waals surface area contributed by atoms with E-state index in [2.05, 4.69) is 26.2 Å². The lowest BCUT2D eigenvalue weighted by Gasteiger charge is -2.05. The molecule has 19 heavy (non-hydrogen) atoms. The molecule has 96 valence electrons. The van der Waals surface area contributed by atoms with Gasteiger partial charge >= 0.3 is 0 Å². The molecule has 0 aliphatic carbocycles. The van der Waals surface area contributed by atoms with Crippen LogP contribution in [0.25, 0.3) is 0 Å². The molecule has 0 atom stereocenters. The molecule has 0 unspecified atom stereocenters. The van der Waals surface area contributed by atoms with Crippen molar-refractivity contribution in [3.8, 4) is 0 Å². The highest BCUT2D eigenvalue weighted by molar-refractivity contribution is 9.10. The first kappa shape index (κ1) is 13.6. The summed E-state index contributed by atoms with van der Waals surface area (Å²) in [6, 6.07) is 10.3. The maximum atomic E-state index is 12.0. The number of nitrogens with zero attached hydrogens (tertiary/aromatic N) is 1. The summed E-state index contributed by atoms with van der Waals surface area (Å²) in [5, 5.41) is 2.70. The average Bonchev–Trinajstić information content (AvgIpc) is 2.41. The summed E-state index contributed by atoms with van der Waals surface area (Å²) >= 11 is 8.13. The molecule has 0 aliphatic rings. The molecule has 3 N–H and O–H groups in total. The third kappa shape index (κ3) is 3.59. The molecule has 0 saturated heterocycles. The van der Waals surface area contributed by atoms with Crippen LogP contribution in [0.4, 0.5) is 5.82 Å². The second kappa shape index (κ2) is 5.90. The van der Waals surface area contributed by atoms with Crippen LogP contribution in [0, 0.1) is 0 Å². The van der Waals surface area contributed by atoms with Crippen molar-refractivity contribution in [3.05, 3.63) is 58.2 Å². The molecule has 1 heterocycles. The van der Waals surface area contributed by atoms with Crippen LogP contribution in [0.3, 0.4) is 0 Å². The average molecular weight is 336 g/mol. The lowest BCUT2D eigenvalue weighted by atomic mass is 10.1. The normalized spacial score (nSPS) is 9.95. The Hall–Kier alpha value is -1.79. The SMILES string of the molecule is NC(=S)c1ccc(C(=O)Nc2ccc(Br)cn2)cc1. The number of anilines is 1. The number of carbonyl (C=O) groups is 1. The van der Waals surface area contributed by atoms with Crippen molar-refractivity contribution >= 4 is 44.9 Å². The number of halogens is 1. The number of aromatic nitrogens is 1. The van der Waals surface area contributed by atoms with E-state index in [4.69, 9.17) is 18.0 Å². The van der Waals surface area contributed by atoms with E-state index in [1.807, 2.05) is 0 Å². The van der Waals surface area contributed by atoms with Crippen molar-refractivity contribution < 1.29 is 4.79 Å². The van der Waals surface area contributed by atoms with E-state index in [-0.39, 0.29) is 5.91 Å². The number of amides is 1. The summed E-state index contributed by atoms with van der Waals surface area (Å²) in [4.78, 5) is 16.3. The molecule has 0 radical (unpaired) electrons. The summed E-state index contributed by atoms with van der Waals surface area (Å²) in [7, 11) is 0. The van der Waals surface area contributed by atoms with Gasteiger partial charge in [0, 0.05) is 21.8 Å². The number of benzene rings is 1. The maximum Gasteiger partial charge on any atom is 0.256 e. The highest BCUT2D eigenvalue weighted by atomic mass is 79.9. The Morgan fingerprint density at radius 2 is 1.79 bits per heavy atom. The van der Waals surface area contributed by atoms with Gasteiger partial charge in [0.25, 0.3) is 5.91 Å². The minimum absolute atomic E-state index is 0.232. The molecule has 6 heteroatoms. The Morgan fingerprint density at radius 1 is 1.16 bits per heavy atom. The number of nitrogens with two attached hydrogens (primary N) is 1. The van der Waals surface area contributed by atoms with Gasteiger partial charge in [0.05, 0.1) is 0 Å². The van der Waals surface area contributed by atoms with Crippen molar-refractivity contribution in [1.29, 1.82) is 0 Å². The number of hydrogen-bond donors (Lipinski definition) is 2. The van der Waals surface area contributed by atoms with E-state index >= 15 is 0 Å². The molecule has 0 spiro atoms. The van der Waals surface area contributed by atoms with Gasteiger partial charge in [0.2, 0.25) is 0 Å². The first-order valence-electron chi connectivity index (χ1n) is 5.39. The molecule has 0 fully saturated rings. The lowest BCUT2D eigenvalue weighted by molar-refractivity contribution is 0.102. The van der Waals surface area contributed by atoms with Crippen LogP contribution in [-0.2, 0) is 0 Å². The van der Waals surface area contributed by atoms with E-state index in [0.29, 0.717) is 16.4 Å². The van der Waals surface area contributed by atoms with Crippen LogP contribution in [0.1, 0.15) is 15.9 Å². The predicted octanol–water partition coefficient (Wildman–Crippen LogP) is 2.73. The van der Waals surface area contributed by atoms with E-state index in [1.165, 1.54) is 0 Å². The first-order chi connectivity index (χ1) is 9.06. The second-order valence-electron chi connectivity index (χ2n) is 3.76. The number of carbonyl (C=O) groups excluding carboxylic acids is 1. The summed E-state index contributed by atoms with van der Waals surface area (Å²) < 4.78 is 0.853. The number of thiocarbonyl (C=S) groups is 1. The van der Waals surface area contributed by atoms with Gasteiger partial charge in [-0.3, -0.25) is 4.79 Å². The summed E-state index contributed by atoms with van der Waals surface area (Å²) in [5.41, 5.74) is 6.74. The highest BCUT2D eigenvalue weighted by Crippen LogP contribution is 2.12. The number of rotatable bonds is 3. The lowest BCUT2D eigenvalue weighted by Crippen LogP contribution is -2.14. The molecule has 1 aromatic heterocycles. The van der Waals surface area contributed by atoms with Gasteiger partial charge in [-0.2, -0.15) is 0 Å². The van der Waals surface area contributed by atoms with Gasteiger partial charge in [-0.1, -0.05) is 24.4 Å². The predicted molar refractivity (Wildman–Crippen MR) is 82.2 cm³/mol. The Kier molecular flexibility index (Phi) is 4.24. The Labute approximate surface area is 124 Å². The van der Waals surface area contributed by atoms with Crippen LogP contribution in [0.15, 0.2) is 47.1 Å². The molecule has 0 bridgehead atoms. The number of nitrogens with one attached hydrogen (secondary N) is 1. The van der Waals surface area contributed by atoms with E-state index in [9.17, 15) is 4.79 Å².